The first kappa shape index (κ1) is 20.2. The SMILES string of the molecule is O=C1C2=[N+]([O-])C(c3ccccc3)(C=c3ccc([nH]3)=Cc3ccc([nH]3)C=c3ccc([nH]3)=C2)C1(O)O. The summed E-state index contributed by atoms with van der Waals surface area (Å²) in [6.07, 6.45) is 6.51. The van der Waals surface area contributed by atoms with E-state index in [1.807, 2.05) is 36.4 Å². The van der Waals surface area contributed by atoms with Crippen LogP contribution in [0, 0.1) is 5.21 Å². The van der Waals surface area contributed by atoms with E-state index in [2.05, 4.69) is 15.0 Å². The number of nitrogens with one attached hydrogen (secondary N) is 3. The molecule has 168 valence electrons. The first-order valence-corrected chi connectivity index (χ1v) is 10.7. The molecule has 4 aromatic rings. The number of aliphatic hydroxyl groups is 2. The van der Waals surface area contributed by atoms with Gasteiger partial charge in [0.2, 0.25) is 0 Å². The highest BCUT2D eigenvalue weighted by molar-refractivity contribution is 6.52. The van der Waals surface area contributed by atoms with Crippen molar-refractivity contribution in [2.75, 3.05) is 0 Å². The number of H-pyrrole nitrogens is 3. The van der Waals surface area contributed by atoms with E-state index in [4.69, 9.17) is 0 Å². The van der Waals surface area contributed by atoms with Gasteiger partial charge in [0.1, 0.15) is 0 Å². The van der Waals surface area contributed by atoms with Crippen LogP contribution in [0.1, 0.15) is 17.0 Å². The van der Waals surface area contributed by atoms with Crippen LogP contribution in [0.3, 0.4) is 0 Å². The van der Waals surface area contributed by atoms with Gasteiger partial charge < -0.3 is 30.4 Å². The molecule has 5 N–H and O–H groups in total. The van der Waals surface area contributed by atoms with Gasteiger partial charge in [-0.15, -0.1) is 0 Å². The second-order valence-electron chi connectivity index (χ2n) is 8.50. The molecule has 8 nitrogen and oxygen atoms in total. The highest BCUT2D eigenvalue weighted by atomic mass is 16.5. The Morgan fingerprint density at radius 1 is 0.706 bits per heavy atom. The Balaban J connectivity index is 1.75. The maximum atomic E-state index is 13.8. The minimum atomic E-state index is -3.01. The van der Waals surface area contributed by atoms with Crippen LogP contribution in [-0.4, -0.2) is 47.2 Å². The Morgan fingerprint density at radius 3 is 1.91 bits per heavy atom. The summed E-state index contributed by atoms with van der Waals surface area (Å²) in [6.45, 7) is 0. The Labute approximate surface area is 192 Å². The molecule has 3 aromatic heterocycles. The van der Waals surface area contributed by atoms with Gasteiger partial charge in [-0.25, -0.2) is 0 Å². The number of hydroxylamine groups is 1. The molecule has 5 heterocycles. The average molecular weight is 452 g/mol. The lowest BCUT2D eigenvalue weighted by Gasteiger charge is -2.32. The normalized spacial score (nSPS) is 20.8. The smallest absolute Gasteiger partial charge is 0.312 e. The summed E-state index contributed by atoms with van der Waals surface area (Å²) in [5.74, 6) is -4.10. The first-order chi connectivity index (χ1) is 16.4. The summed E-state index contributed by atoms with van der Waals surface area (Å²) >= 11 is 0. The lowest BCUT2D eigenvalue weighted by atomic mass is 9.81. The van der Waals surface area contributed by atoms with Crippen molar-refractivity contribution in [1.29, 1.82) is 0 Å². The average Bonchev–Trinajstić information content (AvgIpc) is 3.59. The van der Waals surface area contributed by atoms with Gasteiger partial charge in [0.25, 0.3) is 17.0 Å². The molecule has 6 rings (SSSR count). The van der Waals surface area contributed by atoms with E-state index in [0.29, 0.717) is 15.4 Å². The zero-order chi connectivity index (χ0) is 23.5. The zero-order valence-corrected chi connectivity index (χ0v) is 17.8. The van der Waals surface area contributed by atoms with Crippen molar-refractivity contribution >= 4 is 35.8 Å². The third-order valence-corrected chi connectivity index (χ3v) is 6.31. The Kier molecular flexibility index (Phi) is 4.19. The van der Waals surface area contributed by atoms with Crippen molar-refractivity contribution in [2.45, 2.75) is 11.3 Å². The van der Waals surface area contributed by atoms with Crippen LogP contribution in [0.4, 0.5) is 0 Å². The molecule has 0 spiro atoms. The molecule has 8 heteroatoms. The van der Waals surface area contributed by atoms with Crippen LogP contribution in [-0.2, 0) is 10.3 Å². The van der Waals surface area contributed by atoms with E-state index in [-0.39, 0.29) is 11.3 Å². The Bertz CT molecular complexity index is 1720. The highest BCUT2D eigenvalue weighted by Crippen LogP contribution is 2.42. The quantitative estimate of drug-likeness (QED) is 0.144. The van der Waals surface area contributed by atoms with Crippen molar-refractivity contribution in [3.05, 3.63) is 110 Å². The van der Waals surface area contributed by atoms with E-state index in [0.717, 1.165) is 22.1 Å². The number of hydrogen-bond donors (Lipinski definition) is 5. The summed E-state index contributed by atoms with van der Waals surface area (Å²) < 4.78 is 0.390. The number of benzene rings is 1. The fourth-order valence-electron chi connectivity index (χ4n) is 4.65. The summed E-state index contributed by atoms with van der Waals surface area (Å²) in [5.41, 5.74) is -0.488. The molecule has 0 aliphatic carbocycles. The Hall–Kier alpha value is -4.40. The third kappa shape index (κ3) is 2.86. The molecule has 1 unspecified atom stereocenters. The number of hydrogen-bond acceptors (Lipinski definition) is 4. The van der Waals surface area contributed by atoms with Crippen molar-refractivity contribution < 1.29 is 19.7 Å². The lowest BCUT2D eigenvalue weighted by Crippen LogP contribution is -2.56. The molecule has 1 atom stereocenters. The van der Waals surface area contributed by atoms with Crippen molar-refractivity contribution in [1.82, 2.24) is 15.0 Å². The van der Waals surface area contributed by atoms with Gasteiger partial charge in [0.15, 0.2) is 0 Å². The number of rotatable bonds is 1. The molecule has 0 radical (unpaired) electrons. The molecule has 0 fully saturated rings. The largest absolute Gasteiger partial charge is 0.622 e. The van der Waals surface area contributed by atoms with E-state index in [1.165, 1.54) is 12.2 Å². The fourth-order valence-corrected chi connectivity index (χ4v) is 4.65. The number of carbonyl (C=O) groups excluding carboxylic acids is 1. The van der Waals surface area contributed by atoms with E-state index in [9.17, 15) is 20.2 Å². The molecule has 34 heavy (non-hydrogen) atoms. The van der Waals surface area contributed by atoms with Gasteiger partial charge in [-0.05, 0) is 48.6 Å². The van der Waals surface area contributed by atoms with Gasteiger partial charge >= 0.3 is 5.79 Å². The molecular formula is C26H20N4O4. The fraction of sp³-hybridized carbons (Fsp3) is 0.0769. The van der Waals surface area contributed by atoms with Gasteiger partial charge in [-0.2, -0.15) is 4.74 Å². The minimum absolute atomic E-state index is 0.266. The number of fused-ring (bicyclic) bond motifs is 7. The molecule has 0 saturated carbocycles. The molecule has 2 aliphatic rings. The van der Waals surface area contributed by atoms with Crippen LogP contribution in [0.5, 0.6) is 0 Å². The van der Waals surface area contributed by atoms with Crippen LogP contribution in [0.15, 0.2) is 66.7 Å². The maximum Gasteiger partial charge on any atom is 0.312 e. The van der Waals surface area contributed by atoms with Gasteiger partial charge in [0, 0.05) is 50.5 Å². The maximum absolute atomic E-state index is 13.8. The number of ketones is 1. The molecular weight excluding hydrogens is 432 g/mol. The van der Waals surface area contributed by atoms with Gasteiger partial charge in [-0.1, -0.05) is 30.3 Å². The van der Waals surface area contributed by atoms with Crippen molar-refractivity contribution in [3.63, 3.8) is 0 Å². The number of carbonyl (C=O) groups is 1. The van der Waals surface area contributed by atoms with Crippen LogP contribution >= 0.6 is 0 Å². The number of Topliss-reactive ketones (excluding diaryl/α,β-unsaturated/α-hetero) is 1. The van der Waals surface area contributed by atoms with E-state index >= 15 is 0 Å². The Morgan fingerprint density at radius 2 is 1.26 bits per heavy atom. The summed E-state index contributed by atoms with van der Waals surface area (Å²) in [5, 5.41) is 38.6. The molecule has 2 aliphatic heterocycles. The predicted octanol–water partition coefficient (Wildman–Crippen LogP) is -0.986. The minimum Gasteiger partial charge on any atom is -0.622 e. The standard InChI is InChI=1S/C26H20N4O4/c31-24-23-14-21-9-8-19(28-21)12-17-6-7-18(27-17)13-20-10-11-22(29-20)15-25(30(23)34,26(24,32)33)16-4-2-1-3-5-16/h1-15,27-29,32-33H. The first-order valence-electron chi connectivity index (χ1n) is 10.7. The van der Waals surface area contributed by atoms with Crippen LogP contribution < -0.4 is 21.4 Å². The molecule has 1 aromatic carbocycles. The zero-order valence-electron chi connectivity index (χ0n) is 17.8. The molecule has 8 bridgehead atoms. The third-order valence-electron chi connectivity index (χ3n) is 6.31. The summed E-state index contributed by atoms with van der Waals surface area (Å²) in [6, 6.07) is 19.2. The van der Waals surface area contributed by atoms with E-state index in [1.54, 1.807) is 42.5 Å². The number of aromatic nitrogens is 3. The van der Waals surface area contributed by atoms with Gasteiger partial charge in [-0.3, -0.25) is 4.79 Å². The second-order valence-corrected chi connectivity index (χ2v) is 8.50. The topological polar surface area (TPSA) is 131 Å². The molecule has 0 saturated heterocycles. The van der Waals surface area contributed by atoms with Crippen molar-refractivity contribution in [2.24, 2.45) is 0 Å². The van der Waals surface area contributed by atoms with Gasteiger partial charge in [0.05, 0.1) is 0 Å². The number of aromatic amines is 3. The highest BCUT2D eigenvalue weighted by Gasteiger charge is 2.69. The lowest BCUT2D eigenvalue weighted by molar-refractivity contribution is -0.563. The second kappa shape index (κ2) is 7.05. The number of nitrogens with zero attached hydrogens (tertiary/aromatic N) is 1. The van der Waals surface area contributed by atoms with Crippen LogP contribution in [0.25, 0.3) is 24.3 Å². The van der Waals surface area contributed by atoms with E-state index < -0.39 is 17.1 Å². The van der Waals surface area contributed by atoms with Crippen molar-refractivity contribution in [3.8, 4) is 0 Å². The monoisotopic (exact) mass is 452 g/mol. The predicted molar refractivity (Wildman–Crippen MR) is 126 cm³/mol. The van der Waals surface area contributed by atoms with Crippen LogP contribution in [0.2, 0.25) is 0 Å². The summed E-state index contributed by atoms with van der Waals surface area (Å²) in [4.78, 5) is 22.9. The summed E-state index contributed by atoms with van der Waals surface area (Å²) in [7, 11) is 0. The molecule has 0 amide bonds.